The average Bonchev–Trinajstić information content (AvgIpc) is 2.28. The van der Waals surface area contributed by atoms with Gasteiger partial charge in [-0.2, -0.15) is 0 Å². The van der Waals surface area contributed by atoms with Gasteiger partial charge in [0.15, 0.2) is 0 Å². The first-order valence-electron chi connectivity index (χ1n) is 4.57. The molecule has 15 heavy (non-hydrogen) atoms. The van der Waals surface area contributed by atoms with Gasteiger partial charge < -0.3 is 9.47 Å². The molecule has 80 valence electrons. The zero-order valence-electron chi connectivity index (χ0n) is 8.65. The van der Waals surface area contributed by atoms with E-state index in [0.29, 0.717) is 0 Å². The molecule has 0 aliphatic rings. The summed E-state index contributed by atoms with van der Waals surface area (Å²) in [7, 11) is 1.28. The Morgan fingerprint density at radius 1 is 1.27 bits per heavy atom. The number of benzene rings is 1. The maximum absolute atomic E-state index is 11.3. The van der Waals surface area contributed by atoms with E-state index in [0.717, 1.165) is 0 Å². The zero-order chi connectivity index (χ0) is 11.3. The fourth-order valence-electron chi connectivity index (χ4n) is 1.03. The highest BCUT2D eigenvalue weighted by Crippen LogP contribution is 2.19. The topological polar surface area (TPSA) is 52.6 Å². The Hall–Kier alpha value is -1.84. The van der Waals surface area contributed by atoms with Crippen LogP contribution < -0.4 is 4.74 Å². The fourth-order valence-corrected chi connectivity index (χ4v) is 1.03. The number of para-hydroxylation sites is 1. The van der Waals surface area contributed by atoms with Crippen LogP contribution in [0.15, 0.2) is 24.3 Å². The van der Waals surface area contributed by atoms with Crippen LogP contribution in [0.4, 0.5) is 0 Å². The van der Waals surface area contributed by atoms with Crippen LogP contribution in [-0.4, -0.2) is 19.0 Å². The fraction of sp³-hybridized carbons (Fsp3) is 0.273. The van der Waals surface area contributed by atoms with Gasteiger partial charge in [0.25, 0.3) is 0 Å². The Kier molecular flexibility index (Phi) is 3.85. The van der Waals surface area contributed by atoms with Crippen molar-refractivity contribution in [1.82, 2.24) is 0 Å². The van der Waals surface area contributed by atoms with Crippen LogP contribution >= 0.6 is 0 Å². The maximum atomic E-state index is 11.3. The second kappa shape index (κ2) is 5.14. The highest BCUT2D eigenvalue weighted by molar-refractivity contribution is 5.93. The van der Waals surface area contributed by atoms with Gasteiger partial charge in [-0.1, -0.05) is 19.1 Å². The van der Waals surface area contributed by atoms with Gasteiger partial charge in [-0.15, -0.1) is 0 Å². The zero-order valence-corrected chi connectivity index (χ0v) is 8.65. The monoisotopic (exact) mass is 208 g/mol. The minimum atomic E-state index is -0.519. The summed E-state index contributed by atoms with van der Waals surface area (Å²) in [5, 5.41) is 0. The van der Waals surface area contributed by atoms with Crippen LogP contribution in [0.1, 0.15) is 23.7 Å². The SMILES string of the molecule is CCC(=O)Oc1ccccc1C(=O)OC. The number of esters is 2. The number of ether oxygens (including phenoxy) is 2. The van der Waals surface area contributed by atoms with Gasteiger partial charge in [0.1, 0.15) is 11.3 Å². The highest BCUT2D eigenvalue weighted by atomic mass is 16.5. The van der Waals surface area contributed by atoms with Gasteiger partial charge in [0.2, 0.25) is 0 Å². The molecule has 0 unspecified atom stereocenters. The summed E-state index contributed by atoms with van der Waals surface area (Å²) < 4.78 is 9.54. The third kappa shape index (κ3) is 2.80. The van der Waals surface area contributed by atoms with Gasteiger partial charge in [-0.25, -0.2) is 4.79 Å². The summed E-state index contributed by atoms with van der Waals surface area (Å²) >= 11 is 0. The molecule has 0 bridgehead atoms. The van der Waals surface area contributed by atoms with Crippen molar-refractivity contribution in [2.24, 2.45) is 0 Å². The molecule has 4 nitrogen and oxygen atoms in total. The van der Waals surface area contributed by atoms with Crippen molar-refractivity contribution in [1.29, 1.82) is 0 Å². The van der Waals surface area contributed by atoms with Crippen molar-refractivity contribution in [2.75, 3.05) is 7.11 Å². The second-order valence-electron chi connectivity index (χ2n) is 2.82. The van der Waals surface area contributed by atoms with E-state index >= 15 is 0 Å². The smallest absolute Gasteiger partial charge is 0.341 e. The maximum Gasteiger partial charge on any atom is 0.341 e. The third-order valence-corrected chi connectivity index (χ3v) is 1.80. The van der Waals surface area contributed by atoms with Gasteiger partial charge in [0, 0.05) is 6.42 Å². The van der Waals surface area contributed by atoms with E-state index < -0.39 is 5.97 Å². The first-order valence-corrected chi connectivity index (χ1v) is 4.57. The van der Waals surface area contributed by atoms with E-state index in [2.05, 4.69) is 4.74 Å². The molecule has 0 N–H and O–H groups in total. The predicted molar refractivity (Wildman–Crippen MR) is 53.7 cm³/mol. The van der Waals surface area contributed by atoms with E-state index in [1.807, 2.05) is 0 Å². The molecule has 0 aliphatic heterocycles. The lowest BCUT2D eigenvalue weighted by molar-refractivity contribution is -0.134. The Balaban J connectivity index is 2.96. The normalized spacial score (nSPS) is 9.47. The van der Waals surface area contributed by atoms with Gasteiger partial charge in [-0.3, -0.25) is 4.79 Å². The average molecular weight is 208 g/mol. The van der Waals surface area contributed by atoms with Crippen molar-refractivity contribution < 1.29 is 19.1 Å². The van der Waals surface area contributed by atoms with Crippen LogP contribution in [0, 0.1) is 0 Å². The van der Waals surface area contributed by atoms with Gasteiger partial charge in [0.05, 0.1) is 7.11 Å². The minimum Gasteiger partial charge on any atom is -0.465 e. The molecule has 0 saturated carbocycles. The van der Waals surface area contributed by atoms with E-state index in [9.17, 15) is 9.59 Å². The second-order valence-corrected chi connectivity index (χ2v) is 2.82. The molecular formula is C11H12O4. The summed E-state index contributed by atoms with van der Waals surface area (Å²) in [5.41, 5.74) is 0.252. The number of rotatable bonds is 3. The van der Waals surface area contributed by atoms with Crippen molar-refractivity contribution in [2.45, 2.75) is 13.3 Å². The number of carbonyl (C=O) groups excluding carboxylic acids is 2. The number of hydrogen-bond acceptors (Lipinski definition) is 4. The lowest BCUT2D eigenvalue weighted by atomic mass is 10.2. The largest absolute Gasteiger partial charge is 0.465 e. The summed E-state index contributed by atoms with van der Waals surface area (Å²) in [4.78, 5) is 22.4. The van der Waals surface area contributed by atoms with E-state index in [1.54, 1.807) is 31.2 Å². The van der Waals surface area contributed by atoms with Crippen LogP contribution in [0.3, 0.4) is 0 Å². The lowest BCUT2D eigenvalue weighted by Crippen LogP contribution is -2.10. The Labute approximate surface area is 87.8 Å². The van der Waals surface area contributed by atoms with E-state index in [-0.39, 0.29) is 23.7 Å². The molecule has 0 fully saturated rings. The molecule has 0 spiro atoms. The minimum absolute atomic E-state index is 0.233. The quantitative estimate of drug-likeness (QED) is 0.561. The molecule has 1 aromatic carbocycles. The van der Waals surface area contributed by atoms with Crippen LogP contribution in [0.2, 0.25) is 0 Å². The van der Waals surface area contributed by atoms with E-state index in [4.69, 9.17) is 4.74 Å². The molecule has 1 rings (SSSR count). The Morgan fingerprint density at radius 2 is 1.93 bits per heavy atom. The summed E-state index contributed by atoms with van der Waals surface area (Å²) in [6.45, 7) is 1.68. The lowest BCUT2D eigenvalue weighted by Gasteiger charge is -2.07. The number of hydrogen-bond donors (Lipinski definition) is 0. The molecule has 0 saturated heterocycles. The van der Waals surface area contributed by atoms with Crippen molar-refractivity contribution in [3.05, 3.63) is 29.8 Å². The molecular weight excluding hydrogens is 196 g/mol. The molecule has 0 radical (unpaired) electrons. The van der Waals surface area contributed by atoms with Crippen molar-refractivity contribution in [3.63, 3.8) is 0 Å². The molecule has 0 amide bonds. The summed E-state index contributed by atoms with van der Waals surface area (Å²) in [5.74, 6) is -0.669. The van der Waals surface area contributed by atoms with Gasteiger partial charge in [-0.05, 0) is 12.1 Å². The highest BCUT2D eigenvalue weighted by Gasteiger charge is 2.13. The van der Waals surface area contributed by atoms with Crippen molar-refractivity contribution >= 4 is 11.9 Å². The number of carbonyl (C=O) groups is 2. The van der Waals surface area contributed by atoms with Crippen LogP contribution in [0.5, 0.6) is 5.75 Å². The first-order chi connectivity index (χ1) is 7.19. The van der Waals surface area contributed by atoms with E-state index in [1.165, 1.54) is 7.11 Å². The van der Waals surface area contributed by atoms with Gasteiger partial charge >= 0.3 is 11.9 Å². The predicted octanol–water partition coefficient (Wildman–Crippen LogP) is 1.79. The first kappa shape index (κ1) is 11.2. The Morgan fingerprint density at radius 3 is 2.53 bits per heavy atom. The summed E-state index contributed by atoms with van der Waals surface area (Å²) in [6.07, 6.45) is 0.259. The van der Waals surface area contributed by atoms with Crippen LogP contribution in [0.25, 0.3) is 0 Å². The standard InChI is InChI=1S/C11H12O4/c1-3-10(12)15-9-7-5-4-6-8(9)11(13)14-2/h4-7H,3H2,1-2H3. The summed E-state index contributed by atoms with van der Waals surface area (Å²) in [6, 6.07) is 6.46. The molecule has 0 heterocycles. The molecule has 1 aromatic rings. The number of methoxy groups -OCH3 is 1. The molecule has 0 atom stereocenters. The molecule has 0 aromatic heterocycles. The Bertz CT molecular complexity index is 371. The molecule has 0 aliphatic carbocycles. The molecule has 4 heteroatoms. The van der Waals surface area contributed by atoms with Crippen molar-refractivity contribution in [3.8, 4) is 5.75 Å². The third-order valence-electron chi connectivity index (χ3n) is 1.80. The van der Waals surface area contributed by atoms with Crippen LogP contribution in [-0.2, 0) is 9.53 Å².